The normalized spacial score (nSPS) is 10.4. The summed E-state index contributed by atoms with van der Waals surface area (Å²) in [6.45, 7) is 6.88. The van der Waals surface area contributed by atoms with Gasteiger partial charge in [0.05, 0.1) is 25.5 Å². The monoisotopic (exact) mass is 423 g/mol. The minimum absolute atomic E-state index is 0.279. The molecule has 8 nitrogen and oxygen atoms in total. The van der Waals surface area contributed by atoms with Crippen LogP contribution in [0.5, 0.6) is 17.2 Å². The standard InChI is InChI=1S/C23H25N3O5/c1-4-29-19-13-16(14-20(30-5-2)22(19)31-6-3)23(28)24-17-9-7-8-15(12-17)18-10-11-21(27)26-25-18/h7-14H,4-6H2,1-3H3,(H,24,28)(H,26,27). The van der Waals surface area contributed by atoms with Gasteiger partial charge >= 0.3 is 0 Å². The maximum atomic E-state index is 13.0. The Morgan fingerprint density at radius 2 is 1.61 bits per heavy atom. The summed E-state index contributed by atoms with van der Waals surface area (Å²) in [6.07, 6.45) is 0. The molecule has 3 rings (SSSR count). The Balaban J connectivity index is 1.90. The van der Waals surface area contributed by atoms with E-state index in [0.29, 0.717) is 54.0 Å². The van der Waals surface area contributed by atoms with Gasteiger partial charge in [-0.25, -0.2) is 5.10 Å². The van der Waals surface area contributed by atoms with E-state index in [-0.39, 0.29) is 11.5 Å². The van der Waals surface area contributed by atoms with E-state index in [0.717, 1.165) is 5.56 Å². The van der Waals surface area contributed by atoms with Crippen LogP contribution in [0.2, 0.25) is 0 Å². The molecule has 0 fully saturated rings. The summed E-state index contributed by atoms with van der Waals surface area (Å²) in [5, 5.41) is 9.30. The van der Waals surface area contributed by atoms with E-state index in [9.17, 15) is 9.59 Å². The molecule has 0 aliphatic heterocycles. The van der Waals surface area contributed by atoms with Crippen LogP contribution in [0.3, 0.4) is 0 Å². The summed E-state index contributed by atoms with van der Waals surface area (Å²) >= 11 is 0. The molecular formula is C23H25N3O5. The van der Waals surface area contributed by atoms with Crippen molar-refractivity contribution in [2.75, 3.05) is 25.1 Å². The zero-order valence-electron chi connectivity index (χ0n) is 17.7. The van der Waals surface area contributed by atoms with Gasteiger partial charge in [0, 0.05) is 22.9 Å². The van der Waals surface area contributed by atoms with Crippen LogP contribution < -0.4 is 25.1 Å². The topological polar surface area (TPSA) is 103 Å². The third-order valence-corrected chi connectivity index (χ3v) is 4.27. The number of rotatable bonds is 9. The quantitative estimate of drug-likeness (QED) is 0.541. The largest absolute Gasteiger partial charge is 0.490 e. The lowest BCUT2D eigenvalue weighted by Gasteiger charge is -2.17. The number of nitrogens with one attached hydrogen (secondary N) is 2. The predicted molar refractivity (Wildman–Crippen MR) is 118 cm³/mol. The number of amides is 1. The molecule has 162 valence electrons. The van der Waals surface area contributed by atoms with Gasteiger partial charge in [-0.1, -0.05) is 12.1 Å². The van der Waals surface area contributed by atoms with Crippen LogP contribution in [0.4, 0.5) is 5.69 Å². The van der Waals surface area contributed by atoms with Crippen LogP contribution in [0, 0.1) is 0 Å². The van der Waals surface area contributed by atoms with E-state index in [1.54, 1.807) is 36.4 Å². The molecule has 1 heterocycles. The lowest BCUT2D eigenvalue weighted by atomic mass is 10.1. The Hall–Kier alpha value is -3.81. The molecule has 2 N–H and O–H groups in total. The maximum absolute atomic E-state index is 13.0. The van der Waals surface area contributed by atoms with Gasteiger partial charge in [-0.3, -0.25) is 9.59 Å². The lowest BCUT2D eigenvalue weighted by molar-refractivity contribution is 0.102. The van der Waals surface area contributed by atoms with Crippen LogP contribution >= 0.6 is 0 Å². The number of hydrogen-bond donors (Lipinski definition) is 2. The molecule has 1 amide bonds. The van der Waals surface area contributed by atoms with Crippen molar-refractivity contribution >= 4 is 11.6 Å². The number of H-pyrrole nitrogens is 1. The molecule has 0 aliphatic rings. The van der Waals surface area contributed by atoms with E-state index in [1.165, 1.54) is 6.07 Å². The summed E-state index contributed by atoms with van der Waals surface area (Å²) in [7, 11) is 0. The second-order valence-electron chi connectivity index (χ2n) is 6.44. The molecule has 0 saturated carbocycles. The summed E-state index contributed by atoms with van der Waals surface area (Å²) in [5.74, 6) is 1.06. The zero-order valence-corrected chi connectivity index (χ0v) is 17.7. The number of nitrogens with zero attached hydrogens (tertiary/aromatic N) is 1. The van der Waals surface area contributed by atoms with E-state index in [2.05, 4.69) is 15.5 Å². The molecule has 0 bridgehead atoms. The first-order chi connectivity index (χ1) is 15.0. The lowest BCUT2D eigenvalue weighted by Crippen LogP contribution is -2.13. The fourth-order valence-corrected chi connectivity index (χ4v) is 2.98. The van der Waals surface area contributed by atoms with E-state index in [4.69, 9.17) is 14.2 Å². The molecule has 0 radical (unpaired) electrons. The van der Waals surface area contributed by atoms with Crippen molar-refractivity contribution < 1.29 is 19.0 Å². The molecule has 0 spiro atoms. The molecule has 0 saturated heterocycles. The van der Waals surface area contributed by atoms with Gasteiger partial charge in [0.1, 0.15) is 0 Å². The van der Waals surface area contributed by atoms with Crippen LogP contribution in [-0.4, -0.2) is 35.9 Å². The molecule has 8 heteroatoms. The maximum Gasteiger partial charge on any atom is 0.264 e. The van der Waals surface area contributed by atoms with E-state index < -0.39 is 0 Å². The van der Waals surface area contributed by atoms with Crippen molar-refractivity contribution in [3.05, 3.63) is 64.4 Å². The number of carbonyl (C=O) groups excluding carboxylic acids is 1. The van der Waals surface area contributed by atoms with Gasteiger partial charge in [0.2, 0.25) is 5.75 Å². The minimum Gasteiger partial charge on any atom is -0.490 e. The molecule has 1 aromatic heterocycles. The van der Waals surface area contributed by atoms with Crippen LogP contribution in [0.15, 0.2) is 53.3 Å². The molecule has 31 heavy (non-hydrogen) atoms. The van der Waals surface area contributed by atoms with Crippen molar-refractivity contribution in [3.8, 4) is 28.5 Å². The van der Waals surface area contributed by atoms with Crippen molar-refractivity contribution in [1.82, 2.24) is 10.2 Å². The van der Waals surface area contributed by atoms with Crippen molar-refractivity contribution in [1.29, 1.82) is 0 Å². The van der Waals surface area contributed by atoms with Crippen LogP contribution in [0.25, 0.3) is 11.3 Å². The molecule has 2 aromatic carbocycles. The van der Waals surface area contributed by atoms with Gasteiger partial charge in [-0.05, 0) is 51.1 Å². The van der Waals surface area contributed by atoms with Gasteiger partial charge in [-0.2, -0.15) is 5.10 Å². The van der Waals surface area contributed by atoms with E-state index in [1.807, 2.05) is 26.8 Å². The fourth-order valence-electron chi connectivity index (χ4n) is 2.98. The summed E-state index contributed by atoms with van der Waals surface area (Å²) in [6, 6.07) is 13.5. The molecule has 0 unspecified atom stereocenters. The average Bonchev–Trinajstić information content (AvgIpc) is 2.77. The van der Waals surface area contributed by atoms with Crippen molar-refractivity contribution in [2.24, 2.45) is 0 Å². The molecule has 0 atom stereocenters. The van der Waals surface area contributed by atoms with Gasteiger partial charge < -0.3 is 19.5 Å². The second kappa shape index (κ2) is 10.3. The Bertz CT molecular complexity index is 1060. The zero-order chi connectivity index (χ0) is 22.2. The summed E-state index contributed by atoms with van der Waals surface area (Å²) < 4.78 is 17.0. The number of benzene rings is 2. The smallest absolute Gasteiger partial charge is 0.264 e. The summed E-state index contributed by atoms with van der Waals surface area (Å²) in [4.78, 5) is 24.2. The Labute approximate surface area is 180 Å². The predicted octanol–water partition coefficient (Wildman–Crippen LogP) is 3.89. The Morgan fingerprint density at radius 1 is 0.935 bits per heavy atom. The van der Waals surface area contributed by atoms with Crippen molar-refractivity contribution in [3.63, 3.8) is 0 Å². The SMILES string of the molecule is CCOc1cc(C(=O)Nc2cccc(-c3ccc(=O)[nH]n3)c2)cc(OCC)c1OCC. The average molecular weight is 423 g/mol. The molecule has 0 aliphatic carbocycles. The minimum atomic E-state index is -0.323. The highest BCUT2D eigenvalue weighted by Crippen LogP contribution is 2.39. The van der Waals surface area contributed by atoms with E-state index >= 15 is 0 Å². The first-order valence-electron chi connectivity index (χ1n) is 10.1. The highest BCUT2D eigenvalue weighted by molar-refractivity contribution is 6.05. The number of aromatic nitrogens is 2. The third kappa shape index (κ3) is 5.42. The van der Waals surface area contributed by atoms with Crippen LogP contribution in [0.1, 0.15) is 31.1 Å². The summed E-state index contributed by atoms with van der Waals surface area (Å²) in [5.41, 5.74) is 2.03. The van der Waals surface area contributed by atoms with Gasteiger partial charge in [0.25, 0.3) is 11.5 Å². The fraction of sp³-hybridized carbons (Fsp3) is 0.261. The molecule has 3 aromatic rings. The van der Waals surface area contributed by atoms with Gasteiger partial charge in [-0.15, -0.1) is 0 Å². The Morgan fingerprint density at radius 3 is 2.19 bits per heavy atom. The number of anilines is 1. The highest BCUT2D eigenvalue weighted by atomic mass is 16.5. The number of aromatic amines is 1. The van der Waals surface area contributed by atoms with Crippen LogP contribution in [-0.2, 0) is 0 Å². The van der Waals surface area contributed by atoms with Gasteiger partial charge in [0.15, 0.2) is 11.5 Å². The number of carbonyl (C=O) groups is 1. The van der Waals surface area contributed by atoms with Crippen molar-refractivity contribution in [2.45, 2.75) is 20.8 Å². The number of ether oxygens (including phenoxy) is 3. The molecular weight excluding hydrogens is 398 g/mol. The Kier molecular flexibility index (Phi) is 7.26. The highest BCUT2D eigenvalue weighted by Gasteiger charge is 2.18. The first-order valence-corrected chi connectivity index (χ1v) is 10.1. The number of hydrogen-bond acceptors (Lipinski definition) is 6. The third-order valence-electron chi connectivity index (χ3n) is 4.27. The second-order valence-corrected chi connectivity index (χ2v) is 6.44. The first kappa shape index (κ1) is 21.9.